The third-order valence-electron chi connectivity index (χ3n) is 4.95. The van der Waals surface area contributed by atoms with Gasteiger partial charge in [-0.3, -0.25) is 19.3 Å². The summed E-state index contributed by atoms with van der Waals surface area (Å²) in [6.45, 7) is 3.30. The number of fused-ring (bicyclic) bond motifs is 1. The Kier molecular flexibility index (Phi) is 5.01. The molecule has 1 amide bonds. The number of carbonyl (C=O) groups is 1. The van der Waals surface area contributed by atoms with Crippen molar-refractivity contribution in [3.63, 3.8) is 0 Å². The van der Waals surface area contributed by atoms with Crippen LogP contribution in [0.1, 0.15) is 19.8 Å². The van der Waals surface area contributed by atoms with Gasteiger partial charge in [0.15, 0.2) is 0 Å². The predicted octanol–water partition coefficient (Wildman–Crippen LogP) is 2.93. The summed E-state index contributed by atoms with van der Waals surface area (Å²) in [5.74, 6) is 0.735. The van der Waals surface area contributed by atoms with Crippen LogP contribution in [0.5, 0.6) is 0 Å². The molecule has 0 bridgehead atoms. The quantitative estimate of drug-likeness (QED) is 0.449. The van der Waals surface area contributed by atoms with E-state index in [1.807, 2.05) is 19.1 Å². The molecule has 1 fully saturated rings. The molecular formula is C18H21FN4O3. The molecule has 3 rings (SSSR count). The molecule has 0 aliphatic carbocycles. The number of piperazine rings is 1. The van der Waals surface area contributed by atoms with Crippen molar-refractivity contribution in [3.05, 3.63) is 40.4 Å². The highest BCUT2D eigenvalue weighted by molar-refractivity contribution is 5.82. The van der Waals surface area contributed by atoms with Crippen LogP contribution in [-0.4, -0.2) is 53.1 Å². The van der Waals surface area contributed by atoms with E-state index in [9.17, 15) is 19.3 Å². The van der Waals surface area contributed by atoms with Gasteiger partial charge in [-0.1, -0.05) is 0 Å². The number of hydrogen-bond acceptors (Lipinski definition) is 5. The molecule has 1 aromatic heterocycles. The molecule has 2 aromatic rings. The summed E-state index contributed by atoms with van der Waals surface area (Å²) in [5.41, 5.74) is 0.283. The molecule has 0 radical (unpaired) electrons. The number of hydrogen-bond donors (Lipinski definition) is 0. The van der Waals surface area contributed by atoms with Gasteiger partial charge < -0.3 is 9.80 Å². The van der Waals surface area contributed by atoms with E-state index in [0.717, 1.165) is 12.2 Å². The molecule has 2 heterocycles. The Morgan fingerprint density at radius 1 is 1.35 bits per heavy atom. The van der Waals surface area contributed by atoms with Crippen LogP contribution in [0.4, 0.5) is 15.9 Å². The summed E-state index contributed by atoms with van der Waals surface area (Å²) in [7, 11) is 0. The summed E-state index contributed by atoms with van der Waals surface area (Å²) in [4.78, 5) is 30.2. The lowest BCUT2D eigenvalue weighted by molar-refractivity contribution is -0.384. The molecule has 1 unspecified atom stereocenters. The maximum absolute atomic E-state index is 12.8. The number of rotatable bonds is 6. The second-order valence-electron chi connectivity index (χ2n) is 6.82. The second kappa shape index (κ2) is 7.23. The van der Waals surface area contributed by atoms with Crippen LogP contribution >= 0.6 is 0 Å². The molecule has 0 spiro atoms. The van der Waals surface area contributed by atoms with Crippen LogP contribution in [0.25, 0.3) is 10.9 Å². The number of anilines is 1. The minimum absolute atomic E-state index is 0.0273. The van der Waals surface area contributed by atoms with Crippen LogP contribution < -0.4 is 4.90 Å². The van der Waals surface area contributed by atoms with Gasteiger partial charge in [0, 0.05) is 37.2 Å². The number of pyridine rings is 1. The molecule has 0 N–H and O–H groups in total. The summed E-state index contributed by atoms with van der Waals surface area (Å²) >= 11 is 0. The van der Waals surface area contributed by atoms with E-state index >= 15 is 0 Å². The number of nitrogens with zero attached hydrogens (tertiary/aromatic N) is 4. The summed E-state index contributed by atoms with van der Waals surface area (Å²) < 4.78 is 12.8. The minimum atomic E-state index is -0.431. The van der Waals surface area contributed by atoms with Gasteiger partial charge >= 0.3 is 0 Å². The molecule has 7 nitrogen and oxygen atoms in total. The average Bonchev–Trinajstić information content (AvgIpc) is 2.65. The van der Waals surface area contributed by atoms with Crippen molar-refractivity contribution >= 4 is 28.8 Å². The highest BCUT2D eigenvalue weighted by Gasteiger charge is 2.37. The molecule has 138 valence electrons. The molecule has 1 saturated heterocycles. The van der Waals surface area contributed by atoms with E-state index in [0.29, 0.717) is 43.4 Å². The number of nitro benzene ring substituents is 1. The van der Waals surface area contributed by atoms with E-state index in [2.05, 4.69) is 9.88 Å². The molecule has 1 atom stereocenters. The second-order valence-corrected chi connectivity index (χ2v) is 6.82. The standard InChI is InChI=1S/C18H21FN4O3/c1-18(7-2-8-19)12-21(13-24)9-10-22(18)17-6-3-14-11-15(23(25)26)4-5-16(14)20-17/h3-6,11,13H,2,7-10,12H2,1H3. The fraction of sp³-hybridized carbons (Fsp3) is 0.444. The Morgan fingerprint density at radius 3 is 2.85 bits per heavy atom. The van der Waals surface area contributed by atoms with E-state index in [4.69, 9.17) is 0 Å². The van der Waals surface area contributed by atoms with Crippen LogP contribution in [0.15, 0.2) is 30.3 Å². The van der Waals surface area contributed by atoms with Crippen LogP contribution in [0.2, 0.25) is 0 Å². The van der Waals surface area contributed by atoms with Gasteiger partial charge in [-0.15, -0.1) is 0 Å². The molecule has 0 saturated carbocycles. The number of nitro groups is 1. The molecule has 8 heteroatoms. The number of non-ortho nitro benzene ring substituents is 1. The first-order valence-corrected chi connectivity index (χ1v) is 8.55. The zero-order valence-corrected chi connectivity index (χ0v) is 14.6. The fourth-order valence-electron chi connectivity index (χ4n) is 3.61. The lowest BCUT2D eigenvalue weighted by atomic mass is 9.90. The Labute approximate surface area is 150 Å². The first-order chi connectivity index (χ1) is 12.5. The number of amides is 1. The molecule has 1 aromatic carbocycles. The summed E-state index contributed by atoms with van der Waals surface area (Å²) in [6.07, 6.45) is 1.85. The van der Waals surface area contributed by atoms with Crippen molar-refractivity contribution in [1.82, 2.24) is 9.88 Å². The number of halogens is 1. The van der Waals surface area contributed by atoms with E-state index < -0.39 is 17.1 Å². The topological polar surface area (TPSA) is 79.6 Å². The zero-order chi connectivity index (χ0) is 18.7. The van der Waals surface area contributed by atoms with Crippen LogP contribution in [-0.2, 0) is 4.79 Å². The number of benzene rings is 1. The molecular weight excluding hydrogens is 339 g/mol. The third kappa shape index (κ3) is 3.44. The van der Waals surface area contributed by atoms with E-state index in [1.165, 1.54) is 12.1 Å². The number of carbonyl (C=O) groups excluding carboxylic acids is 1. The van der Waals surface area contributed by atoms with Crippen molar-refractivity contribution in [2.75, 3.05) is 31.2 Å². The Bertz CT molecular complexity index is 831. The molecule has 26 heavy (non-hydrogen) atoms. The van der Waals surface area contributed by atoms with Gasteiger partial charge in [0.2, 0.25) is 6.41 Å². The van der Waals surface area contributed by atoms with E-state index in [-0.39, 0.29) is 5.69 Å². The zero-order valence-electron chi connectivity index (χ0n) is 14.6. The normalized spacial score (nSPS) is 20.4. The monoisotopic (exact) mass is 360 g/mol. The van der Waals surface area contributed by atoms with Crippen LogP contribution in [0.3, 0.4) is 0 Å². The Balaban J connectivity index is 1.95. The lowest BCUT2D eigenvalue weighted by Crippen LogP contribution is -2.61. The first kappa shape index (κ1) is 18.0. The fourth-order valence-corrected chi connectivity index (χ4v) is 3.61. The highest BCUT2D eigenvalue weighted by Crippen LogP contribution is 2.32. The lowest BCUT2D eigenvalue weighted by Gasteiger charge is -2.49. The number of aromatic nitrogens is 1. The number of alkyl halides is 1. The average molecular weight is 360 g/mol. The smallest absolute Gasteiger partial charge is 0.270 e. The van der Waals surface area contributed by atoms with Crippen molar-refractivity contribution < 1.29 is 14.1 Å². The van der Waals surface area contributed by atoms with Gasteiger partial charge in [0.1, 0.15) is 5.82 Å². The van der Waals surface area contributed by atoms with Crippen molar-refractivity contribution in [1.29, 1.82) is 0 Å². The van der Waals surface area contributed by atoms with Gasteiger partial charge in [-0.2, -0.15) is 0 Å². The van der Waals surface area contributed by atoms with Gasteiger partial charge in [0.05, 0.1) is 22.7 Å². The van der Waals surface area contributed by atoms with E-state index in [1.54, 1.807) is 11.0 Å². The Hall–Kier alpha value is -2.77. The predicted molar refractivity (Wildman–Crippen MR) is 97.0 cm³/mol. The maximum atomic E-state index is 12.8. The van der Waals surface area contributed by atoms with Crippen LogP contribution in [0, 0.1) is 10.1 Å². The van der Waals surface area contributed by atoms with Crippen molar-refractivity contribution in [2.45, 2.75) is 25.3 Å². The maximum Gasteiger partial charge on any atom is 0.270 e. The largest absolute Gasteiger partial charge is 0.348 e. The van der Waals surface area contributed by atoms with Gasteiger partial charge in [-0.25, -0.2) is 4.98 Å². The van der Waals surface area contributed by atoms with Gasteiger partial charge in [0.25, 0.3) is 5.69 Å². The summed E-state index contributed by atoms with van der Waals surface area (Å²) in [5, 5.41) is 11.6. The van der Waals surface area contributed by atoms with Crippen molar-refractivity contribution in [2.24, 2.45) is 0 Å². The first-order valence-electron chi connectivity index (χ1n) is 8.55. The SMILES string of the molecule is CC1(CCCF)CN(C=O)CCN1c1ccc2cc([N+](=O)[O-])ccc2n1. The third-order valence-corrected chi connectivity index (χ3v) is 4.95. The summed E-state index contributed by atoms with van der Waals surface area (Å²) in [6, 6.07) is 8.21. The molecule has 1 aliphatic rings. The highest BCUT2D eigenvalue weighted by atomic mass is 19.1. The van der Waals surface area contributed by atoms with Crippen molar-refractivity contribution in [3.8, 4) is 0 Å². The van der Waals surface area contributed by atoms with Gasteiger partial charge in [-0.05, 0) is 38.0 Å². The molecule has 1 aliphatic heterocycles. The minimum Gasteiger partial charge on any atom is -0.348 e. The Morgan fingerprint density at radius 2 is 2.15 bits per heavy atom.